The fraction of sp³-hybridized carbons (Fsp3) is 0.455. The number of ether oxygens (including phenoxy) is 1. The number of anilines is 1. The first-order valence-corrected chi connectivity index (χ1v) is 6.73. The molecule has 1 aromatic carbocycles. The summed E-state index contributed by atoms with van der Waals surface area (Å²) in [7, 11) is -2.00. The summed E-state index contributed by atoms with van der Waals surface area (Å²) in [5.41, 5.74) is 6.68. The minimum atomic E-state index is -3.53. The van der Waals surface area contributed by atoms with Gasteiger partial charge in [0.05, 0.1) is 11.0 Å². The van der Waals surface area contributed by atoms with Gasteiger partial charge < -0.3 is 10.5 Å². The van der Waals surface area contributed by atoms with Crippen molar-refractivity contribution in [1.29, 1.82) is 0 Å². The van der Waals surface area contributed by atoms with Crippen LogP contribution in [0, 0.1) is 6.92 Å². The molecule has 1 rings (SSSR count). The Labute approximate surface area is 102 Å². The highest BCUT2D eigenvalue weighted by molar-refractivity contribution is 7.89. The maximum absolute atomic E-state index is 12.0. The van der Waals surface area contributed by atoms with Gasteiger partial charge in [0.15, 0.2) is 0 Å². The Morgan fingerprint density at radius 1 is 1.47 bits per heavy atom. The van der Waals surface area contributed by atoms with Crippen molar-refractivity contribution in [2.45, 2.75) is 24.8 Å². The smallest absolute Gasteiger partial charge is 0.240 e. The van der Waals surface area contributed by atoms with Gasteiger partial charge in [-0.3, -0.25) is 0 Å². The summed E-state index contributed by atoms with van der Waals surface area (Å²) >= 11 is 0. The normalized spacial score (nSPS) is 13.6. The second-order valence-corrected chi connectivity index (χ2v) is 5.66. The number of benzene rings is 1. The summed E-state index contributed by atoms with van der Waals surface area (Å²) < 4.78 is 31.5. The standard InChI is InChI=1S/C11H18N2O3S/c1-8-4-5-10(12)6-11(8)17(14,15)13-7-9(2)16-3/h4-6,9,13H,7,12H2,1-3H3. The lowest BCUT2D eigenvalue weighted by Gasteiger charge is -2.13. The Morgan fingerprint density at radius 2 is 2.12 bits per heavy atom. The van der Waals surface area contributed by atoms with Crippen molar-refractivity contribution in [2.24, 2.45) is 0 Å². The third-order valence-corrected chi connectivity index (χ3v) is 4.03. The molecular weight excluding hydrogens is 240 g/mol. The molecule has 1 atom stereocenters. The maximum atomic E-state index is 12.0. The molecule has 3 N–H and O–H groups in total. The van der Waals surface area contributed by atoms with Crippen molar-refractivity contribution in [2.75, 3.05) is 19.4 Å². The summed E-state index contributed by atoms with van der Waals surface area (Å²) in [5.74, 6) is 0. The van der Waals surface area contributed by atoms with E-state index in [4.69, 9.17) is 10.5 Å². The number of nitrogens with two attached hydrogens (primary N) is 1. The van der Waals surface area contributed by atoms with Gasteiger partial charge in [-0.05, 0) is 31.5 Å². The van der Waals surface area contributed by atoms with Crippen LogP contribution in [0.15, 0.2) is 23.1 Å². The number of rotatable bonds is 5. The van der Waals surface area contributed by atoms with Crippen molar-refractivity contribution < 1.29 is 13.2 Å². The summed E-state index contributed by atoms with van der Waals surface area (Å²) in [5, 5.41) is 0. The lowest BCUT2D eigenvalue weighted by Crippen LogP contribution is -2.32. The van der Waals surface area contributed by atoms with Crippen LogP contribution in [0.4, 0.5) is 5.69 Å². The second-order valence-electron chi connectivity index (χ2n) is 3.92. The number of sulfonamides is 1. The van der Waals surface area contributed by atoms with Crippen LogP contribution in [-0.2, 0) is 14.8 Å². The number of nitrogens with one attached hydrogen (secondary N) is 1. The highest BCUT2D eigenvalue weighted by Gasteiger charge is 2.17. The Hall–Kier alpha value is -1.11. The molecule has 0 saturated carbocycles. The first-order valence-electron chi connectivity index (χ1n) is 5.25. The fourth-order valence-electron chi connectivity index (χ4n) is 1.29. The molecule has 0 saturated heterocycles. The van der Waals surface area contributed by atoms with E-state index in [0.29, 0.717) is 11.3 Å². The number of methoxy groups -OCH3 is 1. The van der Waals surface area contributed by atoms with E-state index < -0.39 is 10.0 Å². The van der Waals surface area contributed by atoms with Crippen molar-refractivity contribution >= 4 is 15.7 Å². The molecule has 96 valence electrons. The van der Waals surface area contributed by atoms with E-state index in [2.05, 4.69) is 4.72 Å². The average Bonchev–Trinajstić information content (AvgIpc) is 2.29. The van der Waals surface area contributed by atoms with Gasteiger partial charge in [-0.1, -0.05) is 6.07 Å². The summed E-state index contributed by atoms with van der Waals surface area (Å²) in [6.45, 7) is 3.75. The molecule has 0 amide bonds. The van der Waals surface area contributed by atoms with E-state index in [-0.39, 0.29) is 17.5 Å². The zero-order valence-corrected chi connectivity index (χ0v) is 11.0. The maximum Gasteiger partial charge on any atom is 0.240 e. The van der Waals surface area contributed by atoms with Crippen LogP contribution in [0.25, 0.3) is 0 Å². The molecule has 1 unspecified atom stereocenters. The molecule has 0 fully saturated rings. The van der Waals surface area contributed by atoms with Crippen LogP contribution in [0.1, 0.15) is 12.5 Å². The van der Waals surface area contributed by atoms with Gasteiger partial charge >= 0.3 is 0 Å². The van der Waals surface area contributed by atoms with E-state index >= 15 is 0 Å². The Balaban J connectivity index is 2.93. The Kier molecular flexibility index (Phi) is 4.50. The molecule has 1 aromatic rings. The second kappa shape index (κ2) is 5.48. The minimum absolute atomic E-state index is 0.175. The lowest BCUT2D eigenvalue weighted by atomic mass is 10.2. The Morgan fingerprint density at radius 3 is 2.71 bits per heavy atom. The van der Waals surface area contributed by atoms with Gasteiger partial charge in [0, 0.05) is 19.3 Å². The van der Waals surface area contributed by atoms with Crippen molar-refractivity contribution in [1.82, 2.24) is 4.72 Å². The summed E-state index contributed by atoms with van der Waals surface area (Å²) in [4.78, 5) is 0.209. The van der Waals surface area contributed by atoms with Crippen molar-refractivity contribution in [3.05, 3.63) is 23.8 Å². The predicted molar refractivity (Wildman–Crippen MR) is 67.3 cm³/mol. The van der Waals surface area contributed by atoms with Crippen LogP contribution in [0.2, 0.25) is 0 Å². The quantitative estimate of drug-likeness (QED) is 0.769. The Bertz CT molecular complexity index is 485. The molecule has 0 radical (unpaired) electrons. The fourth-order valence-corrected chi connectivity index (χ4v) is 2.69. The lowest BCUT2D eigenvalue weighted by molar-refractivity contribution is 0.122. The summed E-state index contributed by atoms with van der Waals surface area (Å²) in [6.07, 6.45) is -0.175. The molecular formula is C11H18N2O3S. The van der Waals surface area contributed by atoms with E-state index in [1.54, 1.807) is 26.0 Å². The molecule has 0 aliphatic heterocycles. The van der Waals surface area contributed by atoms with Crippen molar-refractivity contribution in [3.63, 3.8) is 0 Å². The van der Waals surface area contributed by atoms with Gasteiger partial charge in [0.1, 0.15) is 0 Å². The number of hydrogen-bond donors (Lipinski definition) is 2. The highest BCUT2D eigenvalue weighted by Crippen LogP contribution is 2.17. The third kappa shape index (κ3) is 3.69. The molecule has 0 spiro atoms. The predicted octanol–water partition coefficient (Wildman–Crippen LogP) is 0.890. The molecule has 0 aliphatic rings. The molecule has 0 bridgehead atoms. The zero-order chi connectivity index (χ0) is 13.1. The van der Waals surface area contributed by atoms with E-state index in [1.807, 2.05) is 0 Å². The first kappa shape index (κ1) is 14.0. The zero-order valence-electron chi connectivity index (χ0n) is 10.2. The third-order valence-electron chi connectivity index (χ3n) is 2.46. The van der Waals surface area contributed by atoms with Crippen LogP contribution >= 0.6 is 0 Å². The van der Waals surface area contributed by atoms with Gasteiger partial charge in [0.2, 0.25) is 10.0 Å². The molecule has 0 heterocycles. The van der Waals surface area contributed by atoms with Crippen LogP contribution < -0.4 is 10.5 Å². The van der Waals surface area contributed by atoms with Crippen LogP contribution in [-0.4, -0.2) is 28.2 Å². The van der Waals surface area contributed by atoms with Crippen LogP contribution in [0.3, 0.4) is 0 Å². The molecule has 5 nitrogen and oxygen atoms in total. The molecule has 17 heavy (non-hydrogen) atoms. The van der Waals surface area contributed by atoms with Gasteiger partial charge in [-0.25, -0.2) is 13.1 Å². The van der Waals surface area contributed by atoms with Gasteiger partial charge in [-0.2, -0.15) is 0 Å². The number of nitrogen functional groups attached to an aromatic ring is 1. The number of aryl methyl sites for hydroxylation is 1. The SMILES string of the molecule is COC(C)CNS(=O)(=O)c1cc(N)ccc1C. The topological polar surface area (TPSA) is 81.4 Å². The summed E-state index contributed by atoms with van der Waals surface area (Å²) in [6, 6.07) is 4.81. The molecule has 0 aliphatic carbocycles. The van der Waals surface area contributed by atoms with Gasteiger partial charge in [0.25, 0.3) is 0 Å². The molecule has 6 heteroatoms. The average molecular weight is 258 g/mol. The first-order chi connectivity index (χ1) is 7.86. The minimum Gasteiger partial charge on any atom is -0.399 e. The van der Waals surface area contributed by atoms with Crippen molar-refractivity contribution in [3.8, 4) is 0 Å². The molecule has 0 aromatic heterocycles. The largest absolute Gasteiger partial charge is 0.399 e. The van der Waals surface area contributed by atoms with Crippen LogP contribution in [0.5, 0.6) is 0 Å². The highest BCUT2D eigenvalue weighted by atomic mass is 32.2. The van der Waals surface area contributed by atoms with Gasteiger partial charge in [-0.15, -0.1) is 0 Å². The van der Waals surface area contributed by atoms with E-state index in [1.165, 1.54) is 13.2 Å². The monoisotopic (exact) mass is 258 g/mol. The number of hydrogen-bond acceptors (Lipinski definition) is 4. The van der Waals surface area contributed by atoms with E-state index in [0.717, 1.165) is 0 Å². The van der Waals surface area contributed by atoms with E-state index in [9.17, 15) is 8.42 Å².